The van der Waals surface area contributed by atoms with E-state index in [1.54, 1.807) is 4.31 Å². The molecule has 1 aliphatic heterocycles. The van der Waals surface area contributed by atoms with Crippen LogP contribution in [-0.2, 0) is 10.0 Å². The van der Waals surface area contributed by atoms with Gasteiger partial charge in [-0.3, -0.25) is 9.69 Å². The highest BCUT2D eigenvalue weighted by atomic mass is 35.5. The van der Waals surface area contributed by atoms with Gasteiger partial charge in [0.05, 0.1) is 18.4 Å². The minimum atomic E-state index is -3.18. The van der Waals surface area contributed by atoms with Crippen molar-refractivity contribution in [2.45, 2.75) is 55.4 Å². The summed E-state index contributed by atoms with van der Waals surface area (Å²) in [6, 6.07) is 2.60. The molecule has 1 heterocycles. The summed E-state index contributed by atoms with van der Waals surface area (Å²) in [5.74, 6) is 0.158. The van der Waals surface area contributed by atoms with Gasteiger partial charge in [-0.15, -0.1) is 24.2 Å². The number of carbonyl (C=O) groups is 1. The largest absolute Gasteiger partial charge is 0.496 e. The van der Waals surface area contributed by atoms with Crippen molar-refractivity contribution in [2.75, 3.05) is 51.8 Å². The van der Waals surface area contributed by atoms with E-state index in [0.29, 0.717) is 49.1 Å². The second-order valence-corrected chi connectivity index (χ2v) is 12.6. The lowest BCUT2D eigenvalue weighted by molar-refractivity contribution is 0.0239. The first-order valence-corrected chi connectivity index (χ1v) is 15.0. The predicted molar refractivity (Wildman–Crippen MR) is 140 cm³/mol. The van der Waals surface area contributed by atoms with E-state index in [2.05, 4.69) is 10.2 Å². The highest BCUT2D eigenvalue weighted by Gasteiger charge is 2.42. The summed E-state index contributed by atoms with van der Waals surface area (Å²) in [6.45, 7) is 2.85. The molecule has 11 heteroatoms. The van der Waals surface area contributed by atoms with Crippen molar-refractivity contribution in [3.63, 3.8) is 0 Å². The van der Waals surface area contributed by atoms with Gasteiger partial charge in [0.15, 0.2) is 0 Å². The minimum absolute atomic E-state index is 0. The first-order chi connectivity index (χ1) is 16.3. The van der Waals surface area contributed by atoms with E-state index >= 15 is 0 Å². The maximum absolute atomic E-state index is 13.9. The molecule has 0 unspecified atom stereocenters. The number of benzene rings is 1. The number of sulfonamides is 1. The molecule has 198 valence electrons. The zero-order chi connectivity index (χ0) is 24.3. The van der Waals surface area contributed by atoms with Gasteiger partial charge >= 0.3 is 0 Å². The molecule has 2 aliphatic carbocycles. The highest BCUT2D eigenvalue weighted by Crippen LogP contribution is 2.36. The molecule has 1 aromatic carbocycles. The van der Waals surface area contributed by atoms with Crippen LogP contribution in [0.3, 0.4) is 0 Å². The quantitative estimate of drug-likeness (QED) is 0.472. The number of carbonyl (C=O) groups excluding carboxylic acids is 1. The molecule has 1 N–H and O–H groups in total. The first kappa shape index (κ1) is 28.5. The molecule has 3 fully saturated rings. The Hall–Kier alpha value is -1.07. The molecule has 4 rings (SSSR count). The Balaban J connectivity index is 0.00000342. The topological polar surface area (TPSA) is 79.0 Å². The molecule has 2 saturated carbocycles. The summed E-state index contributed by atoms with van der Waals surface area (Å²) in [7, 11) is -1.75. The zero-order valence-corrected chi connectivity index (χ0v) is 23.0. The number of nitrogens with zero attached hydrogens (tertiary/aromatic N) is 2. The number of thioether (sulfide) groups is 1. The summed E-state index contributed by atoms with van der Waals surface area (Å²) < 4.78 is 46.4. The van der Waals surface area contributed by atoms with Crippen molar-refractivity contribution in [3.8, 4) is 5.75 Å². The van der Waals surface area contributed by atoms with Crippen molar-refractivity contribution in [1.82, 2.24) is 14.5 Å². The molecular weight excluding hydrogens is 513 g/mol. The monoisotopic (exact) mass is 549 g/mol. The van der Waals surface area contributed by atoms with Crippen LogP contribution in [0.15, 0.2) is 17.0 Å². The van der Waals surface area contributed by atoms with Crippen LogP contribution in [-0.4, -0.2) is 80.9 Å². The first-order valence-electron chi connectivity index (χ1n) is 12.2. The summed E-state index contributed by atoms with van der Waals surface area (Å²) >= 11 is 1.31. The molecule has 1 amide bonds. The van der Waals surface area contributed by atoms with Crippen molar-refractivity contribution >= 4 is 40.1 Å². The van der Waals surface area contributed by atoms with Crippen LogP contribution in [0.25, 0.3) is 0 Å². The molecule has 0 atom stereocenters. The van der Waals surface area contributed by atoms with Crippen LogP contribution in [0, 0.1) is 11.7 Å². The van der Waals surface area contributed by atoms with Crippen molar-refractivity contribution in [1.29, 1.82) is 0 Å². The number of hydrogen-bond donors (Lipinski definition) is 1. The Kier molecular flexibility index (Phi) is 9.76. The van der Waals surface area contributed by atoms with Gasteiger partial charge in [0.1, 0.15) is 11.6 Å². The number of piperazine rings is 1. The molecule has 0 aromatic heterocycles. The lowest BCUT2D eigenvalue weighted by Gasteiger charge is -2.49. The molecule has 0 spiro atoms. The molecule has 35 heavy (non-hydrogen) atoms. The molecular formula is C24H37ClFN3O4S2. The van der Waals surface area contributed by atoms with E-state index < -0.39 is 15.8 Å². The number of ether oxygens (including phenoxy) is 1. The fourth-order valence-corrected chi connectivity index (χ4v) is 7.87. The van der Waals surface area contributed by atoms with Crippen LogP contribution in [0.1, 0.15) is 55.3 Å². The predicted octanol–water partition coefficient (Wildman–Crippen LogP) is 3.77. The van der Waals surface area contributed by atoms with E-state index in [1.165, 1.54) is 37.4 Å². The van der Waals surface area contributed by atoms with Gasteiger partial charge in [-0.1, -0.05) is 19.3 Å². The molecule has 7 nitrogen and oxygen atoms in total. The number of hydrogen-bond acceptors (Lipinski definition) is 6. The number of halogens is 2. The Morgan fingerprint density at radius 2 is 1.83 bits per heavy atom. The Bertz CT molecular complexity index is 967. The van der Waals surface area contributed by atoms with Gasteiger partial charge in [-0.05, 0) is 43.9 Å². The van der Waals surface area contributed by atoms with Crippen LogP contribution >= 0.6 is 24.2 Å². The maximum Gasteiger partial charge on any atom is 0.256 e. The van der Waals surface area contributed by atoms with Crippen molar-refractivity contribution in [2.24, 2.45) is 5.92 Å². The fourth-order valence-electron chi connectivity index (χ4n) is 5.38. The zero-order valence-electron chi connectivity index (χ0n) is 20.6. The normalized spacial score (nSPS) is 21.2. The smallest absolute Gasteiger partial charge is 0.256 e. The van der Waals surface area contributed by atoms with Crippen molar-refractivity contribution < 1.29 is 22.3 Å². The summed E-state index contributed by atoms with van der Waals surface area (Å²) in [5.41, 5.74) is 0.172. The average molecular weight is 550 g/mol. The molecule has 0 bridgehead atoms. The lowest BCUT2D eigenvalue weighted by Crippen LogP contribution is -2.62. The highest BCUT2D eigenvalue weighted by molar-refractivity contribution is 7.98. The third kappa shape index (κ3) is 6.63. The van der Waals surface area contributed by atoms with Crippen LogP contribution in [0.5, 0.6) is 5.75 Å². The van der Waals surface area contributed by atoms with E-state index in [0.717, 1.165) is 38.5 Å². The van der Waals surface area contributed by atoms with Crippen LogP contribution in [0.4, 0.5) is 4.39 Å². The molecule has 3 aliphatic rings. The maximum atomic E-state index is 13.9. The van der Waals surface area contributed by atoms with E-state index in [9.17, 15) is 17.6 Å². The second kappa shape index (κ2) is 12.0. The van der Waals surface area contributed by atoms with Gasteiger partial charge < -0.3 is 10.1 Å². The van der Waals surface area contributed by atoms with E-state index in [-0.39, 0.29) is 35.4 Å². The molecule has 1 saturated heterocycles. The number of nitrogens with one attached hydrogen (secondary N) is 1. The van der Waals surface area contributed by atoms with E-state index in [4.69, 9.17) is 4.74 Å². The Labute approximate surface area is 219 Å². The third-order valence-electron chi connectivity index (χ3n) is 7.51. The van der Waals surface area contributed by atoms with Crippen molar-refractivity contribution in [3.05, 3.63) is 23.5 Å². The van der Waals surface area contributed by atoms with Gasteiger partial charge in [0.2, 0.25) is 10.0 Å². The minimum Gasteiger partial charge on any atom is -0.496 e. The Morgan fingerprint density at radius 3 is 2.40 bits per heavy atom. The summed E-state index contributed by atoms with van der Waals surface area (Å²) in [6.07, 6.45) is 9.16. The number of amides is 1. The Morgan fingerprint density at radius 1 is 1.17 bits per heavy atom. The van der Waals surface area contributed by atoms with Gasteiger partial charge in [-0.25, -0.2) is 12.8 Å². The van der Waals surface area contributed by atoms with E-state index in [1.807, 2.05) is 6.26 Å². The standard InChI is InChI=1S/C24H36FN3O4S2.ClH/c1-32-20-14-19(25)15-21(33-2)22(20)23(29)26-17-24(8-4-3-5-9-24)27-10-12-28(13-11-27)34(30,31)16-18-6-7-18;/h14-15,18H,3-13,16-17H2,1-2H3,(H,26,29);1H. The summed E-state index contributed by atoms with van der Waals surface area (Å²) in [4.78, 5) is 16.2. The average Bonchev–Trinajstić information content (AvgIpc) is 3.66. The second-order valence-electron chi connectivity index (χ2n) is 9.76. The molecule has 1 aromatic rings. The molecule has 0 radical (unpaired) electrons. The number of methoxy groups -OCH3 is 1. The SMILES string of the molecule is COc1cc(F)cc(SC)c1C(=O)NCC1(N2CCN(S(=O)(=O)CC3CC3)CC2)CCCCC1.Cl. The number of rotatable bonds is 9. The fraction of sp³-hybridized carbons (Fsp3) is 0.708. The van der Waals surface area contributed by atoms with Crippen LogP contribution in [0.2, 0.25) is 0 Å². The lowest BCUT2D eigenvalue weighted by atomic mass is 9.79. The van der Waals surface area contributed by atoms with Gasteiger partial charge in [0, 0.05) is 49.2 Å². The van der Waals surface area contributed by atoms with Crippen LogP contribution < -0.4 is 10.1 Å². The third-order valence-corrected chi connectivity index (χ3v) is 10.3. The van der Waals surface area contributed by atoms with Gasteiger partial charge in [0.25, 0.3) is 5.91 Å². The van der Waals surface area contributed by atoms with Gasteiger partial charge in [-0.2, -0.15) is 4.31 Å². The summed E-state index contributed by atoms with van der Waals surface area (Å²) in [5, 5.41) is 3.12.